The SMILES string of the molecule is CCCCCCCCCCCCCCCCCC(=O)[O-].CCCCCCCCCCCCCCCCCC(=O)[O-].CCCCCCCCCCCCCCCCCC(=O)[O-].CCCCCCCCCCCCCCCCCC(=O)[O-].CCCCCCCCCCCCCCCCCC(=O)[O-].[Au+3].[Zn+2]. The van der Waals surface area contributed by atoms with Gasteiger partial charge in [0.2, 0.25) is 0 Å². The van der Waals surface area contributed by atoms with Gasteiger partial charge in [-0.3, -0.25) is 0 Å². The Morgan fingerprint density at radius 2 is 0.196 bits per heavy atom. The predicted octanol–water partition coefficient (Wildman–Crippen LogP) is 25.0. The quantitative estimate of drug-likeness (QED) is 0.0417. The van der Waals surface area contributed by atoms with Crippen molar-refractivity contribution in [2.45, 2.75) is 548 Å². The minimum absolute atomic E-state index is 0. The van der Waals surface area contributed by atoms with E-state index in [1.807, 2.05) is 0 Å². The number of carbonyl (C=O) groups is 5. The summed E-state index contributed by atoms with van der Waals surface area (Å²) in [6.07, 6.45) is 99.3. The summed E-state index contributed by atoms with van der Waals surface area (Å²) < 4.78 is 0. The van der Waals surface area contributed by atoms with E-state index >= 15 is 0 Å². The second-order valence-corrected chi connectivity index (χ2v) is 30.4. The van der Waals surface area contributed by atoms with E-state index in [1.165, 1.54) is 417 Å². The van der Waals surface area contributed by atoms with Gasteiger partial charge in [0.25, 0.3) is 0 Å². The Bertz CT molecular complexity index is 1280. The van der Waals surface area contributed by atoms with Gasteiger partial charge >= 0.3 is 41.9 Å². The van der Waals surface area contributed by atoms with Crippen LogP contribution in [-0.4, -0.2) is 29.8 Å². The van der Waals surface area contributed by atoms with Crippen LogP contribution in [0.2, 0.25) is 0 Å². The number of carbonyl (C=O) groups excluding carboxylic acids is 5. The Hall–Kier alpha value is -1.29. The molecule has 0 aliphatic rings. The van der Waals surface area contributed by atoms with Crippen molar-refractivity contribution in [1.82, 2.24) is 0 Å². The van der Waals surface area contributed by atoms with Gasteiger partial charge in [-0.05, 0) is 64.2 Å². The summed E-state index contributed by atoms with van der Waals surface area (Å²) in [4.78, 5) is 51.1. The molecule has 608 valence electrons. The molecule has 0 unspecified atom stereocenters. The van der Waals surface area contributed by atoms with E-state index in [4.69, 9.17) is 0 Å². The Kier molecular flexibility index (Phi) is 124. The number of hydrogen-bond donors (Lipinski definition) is 0. The zero-order valence-corrected chi connectivity index (χ0v) is 74.3. The predicted molar refractivity (Wildman–Crippen MR) is 423 cm³/mol. The molecule has 0 atom stereocenters. The molecule has 0 amide bonds. The topological polar surface area (TPSA) is 201 Å². The molecule has 0 aromatic heterocycles. The maximum Gasteiger partial charge on any atom is 3.00 e. The van der Waals surface area contributed by atoms with Crippen LogP contribution in [-0.2, 0) is 65.8 Å². The Balaban J connectivity index is -0.000000220. The Morgan fingerprint density at radius 3 is 0.255 bits per heavy atom. The molecule has 0 heterocycles. The fraction of sp³-hybridized carbons (Fsp3) is 0.944. The third-order valence-electron chi connectivity index (χ3n) is 19.9. The van der Waals surface area contributed by atoms with Crippen molar-refractivity contribution < 1.29 is 91.4 Å². The first-order valence-electron chi connectivity index (χ1n) is 44.8. The average Bonchev–Trinajstić information content (AvgIpc) is 3.77. The molecule has 0 saturated heterocycles. The summed E-state index contributed by atoms with van der Waals surface area (Å²) in [6.45, 7) is 11.3. The van der Waals surface area contributed by atoms with Crippen LogP contribution in [0.3, 0.4) is 0 Å². The number of unbranched alkanes of at least 4 members (excludes halogenated alkanes) is 70. The van der Waals surface area contributed by atoms with Crippen molar-refractivity contribution >= 4 is 29.8 Å². The van der Waals surface area contributed by atoms with Gasteiger partial charge in [0, 0.05) is 29.8 Å². The van der Waals surface area contributed by atoms with Crippen LogP contribution in [0.15, 0.2) is 0 Å². The minimum Gasteiger partial charge on any atom is -0.550 e. The van der Waals surface area contributed by atoms with Gasteiger partial charge in [-0.25, -0.2) is 0 Å². The summed E-state index contributed by atoms with van der Waals surface area (Å²) in [7, 11) is 0. The minimum atomic E-state index is -0.903. The van der Waals surface area contributed by atoms with Gasteiger partial charge in [-0.15, -0.1) is 0 Å². The first kappa shape index (κ1) is 114. The van der Waals surface area contributed by atoms with E-state index in [2.05, 4.69) is 34.6 Å². The smallest absolute Gasteiger partial charge is 0.550 e. The third kappa shape index (κ3) is 134. The molecule has 0 aliphatic heterocycles. The zero-order valence-electron chi connectivity index (χ0n) is 69.2. The number of carboxylic acids is 5. The van der Waals surface area contributed by atoms with Crippen molar-refractivity contribution in [2.75, 3.05) is 0 Å². The molecule has 102 heavy (non-hydrogen) atoms. The normalized spacial score (nSPS) is 10.6. The van der Waals surface area contributed by atoms with Crippen LogP contribution >= 0.6 is 0 Å². The van der Waals surface area contributed by atoms with Crippen molar-refractivity contribution in [3.05, 3.63) is 0 Å². The molecule has 0 aromatic carbocycles. The molecule has 10 nitrogen and oxygen atoms in total. The molecule has 0 saturated carbocycles. The average molecular weight is 1680 g/mol. The van der Waals surface area contributed by atoms with E-state index in [1.54, 1.807) is 0 Å². The summed E-state index contributed by atoms with van der Waals surface area (Å²) in [5, 5.41) is 51.1. The summed E-state index contributed by atoms with van der Waals surface area (Å²) >= 11 is 0. The van der Waals surface area contributed by atoms with E-state index in [0.717, 1.165) is 64.2 Å². The number of hydrogen-bond acceptors (Lipinski definition) is 10. The molecule has 0 aliphatic carbocycles. The van der Waals surface area contributed by atoms with Crippen LogP contribution in [0.1, 0.15) is 548 Å². The van der Waals surface area contributed by atoms with Crippen LogP contribution in [0.25, 0.3) is 0 Å². The first-order chi connectivity index (χ1) is 48.9. The number of rotatable bonds is 80. The maximum atomic E-state index is 10.2. The monoisotopic (exact) mass is 1680 g/mol. The summed E-state index contributed by atoms with van der Waals surface area (Å²) in [5.41, 5.74) is 0. The molecule has 0 fully saturated rings. The standard InChI is InChI=1S/5C18H36O2.Au.Zn/c5*1-2-3-4-5-6-7-8-9-10-11-12-13-14-15-16-17-18(19)20;;/h5*2-17H2,1H3,(H,19,20);;/q;;;;;+3;+2/p-5. The molecule has 0 bridgehead atoms. The Morgan fingerprint density at radius 1 is 0.137 bits per heavy atom. The molecule has 0 rings (SSSR count). The second kappa shape index (κ2) is 111. The van der Waals surface area contributed by atoms with Crippen LogP contribution in [0.5, 0.6) is 0 Å². The van der Waals surface area contributed by atoms with Crippen LogP contribution < -0.4 is 25.5 Å². The van der Waals surface area contributed by atoms with Gasteiger partial charge in [0.05, 0.1) is 0 Å². The van der Waals surface area contributed by atoms with Gasteiger partial charge in [0.1, 0.15) is 0 Å². The molecule has 0 aromatic rings. The van der Waals surface area contributed by atoms with Crippen LogP contribution in [0.4, 0.5) is 0 Å². The molecular weight excluding hydrogens is 1500 g/mol. The fourth-order valence-corrected chi connectivity index (χ4v) is 13.2. The van der Waals surface area contributed by atoms with E-state index in [0.29, 0.717) is 0 Å². The van der Waals surface area contributed by atoms with Crippen molar-refractivity contribution in [2.24, 2.45) is 0 Å². The van der Waals surface area contributed by atoms with Gasteiger partial charge in [-0.2, -0.15) is 0 Å². The van der Waals surface area contributed by atoms with E-state index in [-0.39, 0.29) is 74.0 Å². The third-order valence-corrected chi connectivity index (χ3v) is 19.9. The summed E-state index contributed by atoms with van der Waals surface area (Å²) in [6, 6.07) is 0. The van der Waals surface area contributed by atoms with E-state index in [9.17, 15) is 49.5 Å². The second-order valence-electron chi connectivity index (χ2n) is 30.4. The summed E-state index contributed by atoms with van der Waals surface area (Å²) in [5.74, 6) is -4.52. The maximum absolute atomic E-state index is 10.2. The Labute approximate surface area is 665 Å². The van der Waals surface area contributed by atoms with Gasteiger partial charge in [-0.1, -0.05) is 484 Å². The largest absolute Gasteiger partial charge is 3.00 e. The molecule has 12 heteroatoms. The van der Waals surface area contributed by atoms with Gasteiger partial charge in [0.15, 0.2) is 0 Å². The molecule has 0 N–H and O–H groups in total. The van der Waals surface area contributed by atoms with Crippen molar-refractivity contribution in [3.63, 3.8) is 0 Å². The fourth-order valence-electron chi connectivity index (χ4n) is 13.2. The van der Waals surface area contributed by atoms with E-state index < -0.39 is 29.8 Å². The molecule has 0 spiro atoms. The zero-order chi connectivity index (χ0) is 74.5. The molecule has 0 radical (unpaired) electrons. The van der Waals surface area contributed by atoms with Crippen molar-refractivity contribution in [3.8, 4) is 0 Å². The molecular formula is C90H175AuO10Zn. The first-order valence-corrected chi connectivity index (χ1v) is 44.8. The van der Waals surface area contributed by atoms with Crippen LogP contribution in [0, 0.1) is 0 Å². The van der Waals surface area contributed by atoms with Gasteiger partial charge < -0.3 is 49.5 Å². The number of carboxylic acid groups (broad SMARTS) is 5. The number of aliphatic carboxylic acids is 5. The van der Waals surface area contributed by atoms with Crippen molar-refractivity contribution in [1.29, 1.82) is 0 Å².